The smallest absolute Gasteiger partial charge is 0.138 e. The monoisotopic (exact) mass is 292 g/mol. The molecule has 0 aliphatic heterocycles. The zero-order chi connectivity index (χ0) is 13.4. The first-order valence-electron chi connectivity index (χ1n) is 5.66. The molecule has 3 nitrogen and oxygen atoms in total. The fraction of sp³-hybridized carbons (Fsp3) is 0.0714. The van der Waals surface area contributed by atoms with Gasteiger partial charge >= 0.3 is 0 Å². The third-order valence-electron chi connectivity index (χ3n) is 2.87. The van der Waals surface area contributed by atoms with Crippen LogP contribution in [0.1, 0.15) is 0 Å². The van der Waals surface area contributed by atoms with E-state index in [0.717, 1.165) is 22.4 Å². The first-order valence-corrected chi connectivity index (χ1v) is 6.42. The number of halogens is 2. The Bertz CT molecular complexity index is 735. The normalized spacial score (nSPS) is 10.9. The second-order valence-corrected chi connectivity index (χ2v) is 4.94. The maximum atomic E-state index is 6.18. The van der Waals surface area contributed by atoms with Crippen molar-refractivity contribution in [3.05, 3.63) is 46.4 Å². The van der Waals surface area contributed by atoms with Gasteiger partial charge in [0, 0.05) is 22.7 Å². The van der Waals surface area contributed by atoms with Crippen molar-refractivity contribution in [1.29, 1.82) is 0 Å². The number of nitrogens with zero attached hydrogens (tertiary/aromatic N) is 1. The summed E-state index contributed by atoms with van der Waals surface area (Å²) >= 11 is 12.1. The van der Waals surface area contributed by atoms with Crippen LogP contribution in [0.5, 0.6) is 5.75 Å². The van der Waals surface area contributed by atoms with Gasteiger partial charge in [-0.05, 0) is 24.3 Å². The average Bonchev–Trinajstić information content (AvgIpc) is 2.84. The molecule has 3 aromatic rings. The van der Waals surface area contributed by atoms with Gasteiger partial charge in [-0.2, -0.15) is 0 Å². The first kappa shape index (κ1) is 12.3. The molecule has 0 radical (unpaired) electrons. The van der Waals surface area contributed by atoms with Crippen molar-refractivity contribution in [2.75, 3.05) is 7.11 Å². The van der Waals surface area contributed by atoms with Crippen LogP contribution in [-0.2, 0) is 0 Å². The van der Waals surface area contributed by atoms with Crippen LogP contribution in [0.4, 0.5) is 0 Å². The number of nitrogens with one attached hydrogen (secondary N) is 1. The number of hydrogen-bond donors (Lipinski definition) is 1. The van der Waals surface area contributed by atoms with Crippen molar-refractivity contribution in [1.82, 2.24) is 9.97 Å². The summed E-state index contributed by atoms with van der Waals surface area (Å²) in [5, 5.41) is 1.25. The van der Waals surface area contributed by atoms with Crippen LogP contribution < -0.4 is 4.74 Å². The Morgan fingerprint density at radius 2 is 1.84 bits per heavy atom. The Labute approximate surface area is 120 Å². The molecule has 1 aromatic heterocycles. The second kappa shape index (κ2) is 4.76. The van der Waals surface area contributed by atoms with Crippen LogP contribution in [-0.4, -0.2) is 17.1 Å². The first-order chi connectivity index (χ1) is 9.17. The molecule has 0 aliphatic carbocycles. The molecule has 0 spiro atoms. The standard InChI is InChI=1S/C14H10Cl2N2O/c1-19-10-6-11(16)13-12(7-10)17-14(18-13)8-2-4-9(15)5-3-8/h2-7H,1H3,(H,17,18). The minimum atomic E-state index is 0.561. The number of benzene rings is 2. The molecule has 0 fully saturated rings. The van der Waals surface area contributed by atoms with Crippen molar-refractivity contribution in [3.63, 3.8) is 0 Å². The third kappa shape index (κ3) is 2.27. The van der Waals surface area contributed by atoms with Gasteiger partial charge in [0.25, 0.3) is 0 Å². The van der Waals surface area contributed by atoms with E-state index in [1.54, 1.807) is 13.2 Å². The predicted molar refractivity (Wildman–Crippen MR) is 78.1 cm³/mol. The van der Waals surface area contributed by atoms with E-state index in [1.807, 2.05) is 30.3 Å². The maximum absolute atomic E-state index is 6.18. The Kier molecular flexibility index (Phi) is 3.09. The predicted octanol–water partition coefficient (Wildman–Crippen LogP) is 4.55. The van der Waals surface area contributed by atoms with Gasteiger partial charge < -0.3 is 9.72 Å². The largest absolute Gasteiger partial charge is 0.497 e. The minimum Gasteiger partial charge on any atom is -0.497 e. The van der Waals surface area contributed by atoms with Gasteiger partial charge in [-0.15, -0.1) is 0 Å². The molecule has 0 amide bonds. The molecule has 1 heterocycles. The van der Waals surface area contributed by atoms with Gasteiger partial charge in [0.15, 0.2) is 0 Å². The molecule has 3 rings (SSSR count). The molecule has 19 heavy (non-hydrogen) atoms. The lowest BCUT2D eigenvalue weighted by atomic mass is 10.2. The molecular formula is C14H10Cl2N2O. The van der Waals surface area contributed by atoms with Gasteiger partial charge in [-0.25, -0.2) is 4.98 Å². The quantitative estimate of drug-likeness (QED) is 0.753. The van der Waals surface area contributed by atoms with Gasteiger partial charge in [-0.1, -0.05) is 23.2 Å². The van der Waals surface area contributed by atoms with Crippen molar-refractivity contribution in [3.8, 4) is 17.1 Å². The Balaban J connectivity index is 2.16. The molecule has 0 saturated heterocycles. The highest BCUT2D eigenvalue weighted by molar-refractivity contribution is 6.35. The van der Waals surface area contributed by atoms with E-state index >= 15 is 0 Å². The van der Waals surface area contributed by atoms with Gasteiger partial charge in [0.05, 0.1) is 17.6 Å². The number of rotatable bonds is 2. The summed E-state index contributed by atoms with van der Waals surface area (Å²) in [6.07, 6.45) is 0. The van der Waals surface area contributed by atoms with E-state index in [1.165, 1.54) is 0 Å². The van der Waals surface area contributed by atoms with Crippen molar-refractivity contribution >= 4 is 34.2 Å². The van der Waals surface area contributed by atoms with E-state index in [4.69, 9.17) is 27.9 Å². The SMILES string of the molecule is COc1cc(Cl)c2nc(-c3ccc(Cl)cc3)[nH]c2c1. The summed E-state index contributed by atoms with van der Waals surface area (Å²) < 4.78 is 5.18. The number of fused-ring (bicyclic) bond motifs is 1. The number of aromatic amines is 1. The molecule has 5 heteroatoms. The van der Waals surface area contributed by atoms with Gasteiger partial charge in [0.1, 0.15) is 17.1 Å². The fourth-order valence-corrected chi connectivity index (χ4v) is 2.29. The van der Waals surface area contributed by atoms with Crippen LogP contribution in [0.3, 0.4) is 0 Å². The van der Waals surface area contributed by atoms with E-state index in [2.05, 4.69) is 9.97 Å². The van der Waals surface area contributed by atoms with Crippen LogP contribution in [0.2, 0.25) is 10.0 Å². The number of imidazole rings is 1. The summed E-state index contributed by atoms with van der Waals surface area (Å²) in [4.78, 5) is 7.73. The van der Waals surface area contributed by atoms with E-state index in [9.17, 15) is 0 Å². The topological polar surface area (TPSA) is 37.9 Å². The van der Waals surface area contributed by atoms with Gasteiger partial charge in [-0.3, -0.25) is 0 Å². The van der Waals surface area contributed by atoms with Gasteiger partial charge in [0.2, 0.25) is 0 Å². The zero-order valence-electron chi connectivity index (χ0n) is 10.1. The summed E-state index contributed by atoms with van der Waals surface area (Å²) in [5.74, 6) is 1.45. The van der Waals surface area contributed by atoms with Crippen molar-refractivity contribution < 1.29 is 4.74 Å². The summed E-state index contributed by atoms with van der Waals surface area (Å²) in [6.45, 7) is 0. The molecule has 0 bridgehead atoms. The molecule has 96 valence electrons. The lowest BCUT2D eigenvalue weighted by Crippen LogP contribution is -1.82. The van der Waals surface area contributed by atoms with Crippen LogP contribution >= 0.6 is 23.2 Å². The Hall–Kier alpha value is -1.71. The van der Waals surface area contributed by atoms with E-state index < -0.39 is 0 Å². The minimum absolute atomic E-state index is 0.561. The average molecular weight is 293 g/mol. The Morgan fingerprint density at radius 3 is 2.53 bits per heavy atom. The second-order valence-electron chi connectivity index (χ2n) is 4.10. The van der Waals surface area contributed by atoms with E-state index in [0.29, 0.717) is 15.8 Å². The molecule has 0 atom stereocenters. The summed E-state index contributed by atoms with van der Waals surface area (Å²) in [7, 11) is 1.61. The van der Waals surface area contributed by atoms with Crippen molar-refractivity contribution in [2.45, 2.75) is 0 Å². The molecule has 2 aromatic carbocycles. The number of H-pyrrole nitrogens is 1. The highest BCUT2D eigenvalue weighted by Crippen LogP contribution is 2.30. The number of ether oxygens (including phenoxy) is 1. The third-order valence-corrected chi connectivity index (χ3v) is 3.41. The van der Waals surface area contributed by atoms with Crippen LogP contribution in [0.25, 0.3) is 22.4 Å². The zero-order valence-corrected chi connectivity index (χ0v) is 11.6. The molecule has 1 N–H and O–H groups in total. The molecule has 0 unspecified atom stereocenters. The highest BCUT2D eigenvalue weighted by Gasteiger charge is 2.10. The Morgan fingerprint density at radius 1 is 1.11 bits per heavy atom. The molecule has 0 saturated carbocycles. The van der Waals surface area contributed by atoms with Crippen LogP contribution in [0, 0.1) is 0 Å². The fourth-order valence-electron chi connectivity index (χ4n) is 1.91. The highest BCUT2D eigenvalue weighted by atomic mass is 35.5. The summed E-state index contributed by atoms with van der Waals surface area (Å²) in [6, 6.07) is 11.1. The number of aromatic nitrogens is 2. The van der Waals surface area contributed by atoms with Crippen LogP contribution in [0.15, 0.2) is 36.4 Å². The molecule has 0 aliphatic rings. The molecular weight excluding hydrogens is 283 g/mol. The maximum Gasteiger partial charge on any atom is 0.138 e. The lowest BCUT2D eigenvalue weighted by Gasteiger charge is -1.99. The number of hydrogen-bond acceptors (Lipinski definition) is 2. The summed E-state index contributed by atoms with van der Waals surface area (Å²) in [5.41, 5.74) is 2.53. The number of methoxy groups -OCH3 is 1. The van der Waals surface area contributed by atoms with E-state index in [-0.39, 0.29) is 0 Å². The lowest BCUT2D eigenvalue weighted by molar-refractivity contribution is 0.415. The van der Waals surface area contributed by atoms with Crippen molar-refractivity contribution in [2.24, 2.45) is 0 Å².